The SMILES string of the molecule is CC/C=C\C/C=C\C/C=C\C/C=C\C/C=C\C/C=C\CCC(=O)OC[C@H](COP(=O)(O)OC[C@@H](O)COP(=O)(O)OC[C@@H](COC(=O)CC/C=C\C/C=C\C/C=C\C/C=C\C/C=C\CCCCC)OC(=O)CCCCCCC/C=C\C/C=C\CCCCC)OC(=O)CCCCC/C=C\C/C=C\C/C=C\C/C=C\C/C=C\CC. The Morgan fingerprint density at radius 2 is 0.482 bits per heavy atom. The zero-order chi connectivity index (χ0) is 81.7. The van der Waals surface area contributed by atoms with E-state index in [0.717, 1.165) is 154 Å². The van der Waals surface area contributed by atoms with Gasteiger partial charge in [-0.1, -0.05) is 298 Å². The normalized spacial score (nSPS) is 14.9. The molecule has 0 heterocycles. The molecule has 0 saturated heterocycles. The van der Waals surface area contributed by atoms with E-state index in [9.17, 15) is 43.2 Å². The number of hydrogen-bond acceptors (Lipinski definition) is 15. The maximum absolute atomic E-state index is 13.1. The summed E-state index contributed by atoms with van der Waals surface area (Å²) in [4.78, 5) is 73.2. The van der Waals surface area contributed by atoms with Gasteiger partial charge in [0.25, 0.3) is 0 Å². The van der Waals surface area contributed by atoms with E-state index in [2.05, 4.69) is 210 Å². The summed E-state index contributed by atoms with van der Waals surface area (Å²) < 4.78 is 68.6. The van der Waals surface area contributed by atoms with Crippen molar-refractivity contribution in [2.75, 3.05) is 39.6 Å². The van der Waals surface area contributed by atoms with E-state index in [0.29, 0.717) is 38.5 Å². The van der Waals surface area contributed by atoms with Crippen LogP contribution in [0.1, 0.15) is 285 Å². The lowest BCUT2D eigenvalue weighted by Gasteiger charge is -2.21. The van der Waals surface area contributed by atoms with Crippen LogP contribution in [0.5, 0.6) is 0 Å². The molecule has 0 spiro atoms. The Labute approximate surface area is 677 Å². The smallest absolute Gasteiger partial charge is 0.462 e. The number of rotatable bonds is 76. The number of allylic oxidation sites excluding steroid dienone is 36. The summed E-state index contributed by atoms with van der Waals surface area (Å²) in [6.07, 6.45) is 105. The number of aliphatic hydroxyl groups is 1. The first kappa shape index (κ1) is 105. The molecule has 0 aliphatic heterocycles. The maximum Gasteiger partial charge on any atom is 0.472 e. The molecule has 17 nitrogen and oxygen atoms in total. The van der Waals surface area contributed by atoms with Gasteiger partial charge >= 0.3 is 39.5 Å². The lowest BCUT2D eigenvalue weighted by Crippen LogP contribution is -2.30. The van der Waals surface area contributed by atoms with Crippen molar-refractivity contribution in [2.24, 2.45) is 0 Å². The standard InChI is InChI=1S/C93H146O17P2/c1-5-9-13-17-21-25-29-33-37-40-43-46-50-53-57-61-65-69-73-77-90(95)103-83-88(109-92(97)79-75-71-67-63-59-55-49-36-32-28-24-20-16-12-8-4)85-107-111(99,100)105-81-87(94)82-106-112(101,102)108-86-89(110-93(98)80-76-72-68-64-60-56-52-48-45-42-39-35-31-27-23-19-15-11-7-3)84-104-91(96)78-74-70-66-62-58-54-51-47-44-41-38-34-30-26-22-18-14-10-6-2/h10-11,14-15,21-28,33-39,43-49,53-54,56-58,60,65-66,69-70,87-89,94H,5-9,12-13,16-20,29-32,40-42,50-52,55,59,61-64,67-68,71-86H2,1-4H3,(H,99,100)(H,101,102)/b14-10-,15-11-,25-21-,26-22-,27-23-,28-24-,37-33-,38-34-,39-35-,46-43-,47-44-,48-45-,49-36-,57-53-,58-54-,60-56-,69-65-,70-66-/t87-,88+,89+/m0/s1. The summed E-state index contributed by atoms with van der Waals surface area (Å²) in [5.74, 6) is -2.45. The van der Waals surface area contributed by atoms with Crippen LogP contribution in [-0.4, -0.2) is 96.7 Å². The quantitative estimate of drug-likeness (QED) is 0.0169. The second-order valence-corrected chi connectivity index (χ2v) is 29.8. The van der Waals surface area contributed by atoms with Crippen molar-refractivity contribution in [3.8, 4) is 0 Å². The van der Waals surface area contributed by atoms with Crippen molar-refractivity contribution in [1.29, 1.82) is 0 Å². The number of ether oxygens (including phenoxy) is 4. The molecule has 2 unspecified atom stereocenters. The van der Waals surface area contributed by atoms with Crippen molar-refractivity contribution in [3.05, 3.63) is 219 Å². The van der Waals surface area contributed by atoms with E-state index < -0.39 is 97.5 Å². The first-order valence-electron chi connectivity index (χ1n) is 42.0. The third kappa shape index (κ3) is 81.4. The van der Waals surface area contributed by atoms with Crippen molar-refractivity contribution in [1.82, 2.24) is 0 Å². The third-order valence-electron chi connectivity index (χ3n) is 16.4. The van der Waals surface area contributed by atoms with E-state index >= 15 is 0 Å². The number of hydrogen-bond donors (Lipinski definition) is 3. The predicted molar refractivity (Wildman–Crippen MR) is 463 cm³/mol. The average Bonchev–Trinajstić information content (AvgIpc) is 0.898. The fraction of sp³-hybridized carbons (Fsp3) is 0.570. The summed E-state index contributed by atoms with van der Waals surface area (Å²) >= 11 is 0. The average molecular weight is 1600 g/mol. The van der Waals surface area contributed by atoms with Gasteiger partial charge in [-0.15, -0.1) is 0 Å². The Morgan fingerprint density at radius 3 is 0.759 bits per heavy atom. The molecule has 0 rings (SSSR count). The van der Waals surface area contributed by atoms with Gasteiger partial charge in [0.05, 0.1) is 26.4 Å². The molecule has 0 aliphatic rings. The fourth-order valence-electron chi connectivity index (χ4n) is 10.1. The first-order chi connectivity index (χ1) is 54.7. The number of esters is 4. The lowest BCUT2D eigenvalue weighted by molar-refractivity contribution is -0.161. The van der Waals surface area contributed by atoms with Crippen molar-refractivity contribution in [3.63, 3.8) is 0 Å². The Morgan fingerprint density at radius 1 is 0.259 bits per heavy atom. The molecule has 112 heavy (non-hydrogen) atoms. The number of unbranched alkanes of at least 4 members (excludes halogenated alkanes) is 14. The van der Waals surface area contributed by atoms with Gasteiger partial charge in [0.2, 0.25) is 0 Å². The molecule has 0 bridgehead atoms. The van der Waals surface area contributed by atoms with Crippen LogP contribution in [0.15, 0.2) is 219 Å². The van der Waals surface area contributed by atoms with Gasteiger partial charge in [0.1, 0.15) is 19.3 Å². The molecule has 0 saturated carbocycles. The highest BCUT2D eigenvalue weighted by molar-refractivity contribution is 7.47. The van der Waals surface area contributed by atoms with Gasteiger partial charge in [0, 0.05) is 25.7 Å². The van der Waals surface area contributed by atoms with Crippen LogP contribution < -0.4 is 0 Å². The molecule has 0 aliphatic carbocycles. The number of phosphoric ester groups is 2. The zero-order valence-electron chi connectivity index (χ0n) is 69.0. The highest BCUT2D eigenvalue weighted by atomic mass is 31.2. The Kier molecular flexibility index (Phi) is 77.5. The molecule has 5 atom stereocenters. The molecule has 0 fully saturated rings. The topological polar surface area (TPSA) is 237 Å². The largest absolute Gasteiger partial charge is 0.472 e. The summed E-state index contributed by atoms with van der Waals surface area (Å²) in [5.41, 5.74) is 0. The van der Waals surface area contributed by atoms with Gasteiger partial charge in [-0.3, -0.25) is 37.3 Å². The molecule has 0 aromatic heterocycles. The van der Waals surface area contributed by atoms with Gasteiger partial charge in [-0.05, 0) is 180 Å². The molecule has 0 aromatic rings. The molecular weight excluding hydrogens is 1450 g/mol. The number of phosphoric acid groups is 2. The van der Waals surface area contributed by atoms with Gasteiger partial charge in [-0.2, -0.15) is 0 Å². The number of carbonyl (C=O) groups excluding carboxylic acids is 4. The molecule has 0 radical (unpaired) electrons. The summed E-state index contributed by atoms with van der Waals surface area (Å²) in [6.45, 7) is 4.34. The van der Waals surface area contributed by atoms with E-state index in [1.807, 2.05) is 36.5 Å². The molecule has 0 amide bonds. The van der Waals surface area contributed by atoms with Crippen molar-refractivity contribution >= 4 is 39.5 Å². The first-order valence-corrected chi connectivity index (χ1v) is 45.0. The van der Waals surface area contributed by atoms with Gasteiger partial charge < -0.3 is 33.8 Å². The van der Waals surface area contributed by atoms with Crippen LogP contribution in [0.4, 0.5) is 0 Å². The number of aliphatic hydroxyl groups excluding tert-OH is 1. The van der Waals surface area contributed by atoms with Crippen LogP contribution in [0, 0.1) is 0 Å². The fourth-order valence-corrected chi connectivity index (χ4v) is 11.7. The van der Waals surface area contributed by atoms with E-state index in [1.54, 1.807) is 0 Å². The van der Waals surface area contributed by atoms with Gasteiger partial charge in [-0.25, -0.2) is 9.13 Å². The summed E-state index contributed by atoms with van der Waals surface area (Å²) in [7, 11) is -10.0. The lowest BCUT2D eigenvalue weighted by atomic mass is 10.1. The van der Waals surface area contributed by atoms with Crippen LogP contribution in [0.3, 0.4) is 0 Å². The molecular formula is C93H146O17P2. The van der Waals surface area contributed by atoms with Crippen LogP contribution >= 0.6 is 15.6 Å². The van der Waals surface area contributed by atoms with E-state index in [1.165, 1.54) is 38.5 Å². The summed E-state index contributed by atoms with van der Waals surface area (Å²) in [6, 6.07) is 0. The molecule has 19 heteroatoms. The third-order valence-corrected chi connectivity index (χ3v) is 18.3. The van der Waals surface area contributed by atoms with E-state index in [-0.39, 0.29) is 25.7 Å². The molecule has 3 N–H and O–H groups in total. The highest BCUT2D eigenvalue weighted by Crippen LogP contribution is 2.45. The molecule has 0 aromatic carbocycles. The Hall–Kier alpha value is -6.62. The Balaban J connectivity index is 5.58. The highest BCUT2D eigenvalue weighted by Gasteiger charge is 2.30. The van der Waals surface area contributed by atoms with Crippen molar-refractivity contribution < 1.29 is 80.2 Å². The van der Waals surface area contributed by atoms with Gasteiger partial charge in [0.15, 0.2) is 12.2 Å². The second-order valence-electron chi connectivity index (χ2n) is 26.9. The van der Waals surface area contributed by atoms with Crippen LogP contribution in [-0.2, 0) is 65.4 Å². The zero-order valence-corrected chi connectivity index (χ0v) is 70.8. The maximum atomic E-state index is 13.1. The Bertz CT molecular complexity index is 2990. The monoisotopic (exact) mass is 1600 g/mol. The van der Waals surface area contributed by atoms with Crippen LogP contribution in [0.25, 0.3) is 0 Å². The predicted octanol–water partition coefficient (Wildman–Crippen LogP) is 25.2. The van der Waals surface area contributed by atoms with Crippen molar-refractivity contribution in [2.45, 2.75) is 303 Å². The van der Waals surface area contributed by atoms with Crippen LogP contribution in [0.2, 0.25) is 0 Å². The minimum atomic E-state index is -5.03. The van der Waals surface area contributed by atoms with E-state index in [4.69, 9.17) is 37.0 Å². The minimum Gasteiger partial charge on any atom is -0.462 e. The summed E-state index contributed by atoms with van der Waals surface area (Å²) in [5, 5.41) is 10.7. The molecule has 630 valence electrons. The number of carbonyl (C=O) groups is 4. The second kappa shape index (κ2) is 82.4. The minimum absolute atomic E-state index is 0.0170.